The molecule has 2 aliphatic carbocycles. The first kappa shape index (κ1) is 15.9. The van der Waals surface area contributed by atoms with Crippen LogP contribution in [0.1, 0.15) is 31.7 Å². The molecule has 26 heavy (non-hydrogen) atoms. The SMILES string of the molecule is COc1c(N2CCC3(CC3N)C2)c(F)cc2c(=O)[nH]c(=O)n(C3CC3)c12. The number of ether oxygens (including phenoxy) is 1. The molecule has 1 aliphatic heterocycles. The highest BCUT2D eigenvalue weighted by Gasteiger charge is 2.56. The summed E-state index contributed by atoms with van der Waals surface area (Å²) in [7, 11) is 1.45. The summed E-state index contributed by atoms with van der Waals surface area (Å²) in [6, 6.07) is 1.41. The van der Waals surface area contributed by atoms with Gasteiger partial charge in [-0.2, -0.15) is 0 Å². The Kier molecular flexibility index (Phi) is 3.11. The van der Waals surface area contributed by atoms with Crippen molar-refractivity contribution >= 4 is 16.6 Å². The lowest BCUT2D eigenvalue weighted by Crippen LogP contribution is -2.31. The lowest BCUT2D eigenvalue weighted by molar-refractivity contribution is 0.413. The van der Waals surface area contributed by atoms with E-state index in [4.69, 9.17) is 10.5 Å². The normalized spacial score (nSPS) is 27.5. The van der Waals surface area contributed by atoms with E-state index in [0.29, 0.717) is 24.3 Å². The van der Waals surface area contributed by atoms with Crippen LogP contribution in [0.25, 0.3) is 10.9 Å². The van der Waals surface area contributed by atoms with Crippen molar-refractivity contribution in [1.29, 1.82) is 0 Å². The Balaban J connectivity index is 1.77. The van der Waals surface area contributed by atoms with E-state index in [1.54, 1.807) is 4.57 Å². The van der Waals surface area contributed by atoms with Gasteiger partial charge in [0.15, 0.2) is 11.6 Å². The third kappa shape index (κ3) is 2.08. The summed E-state index contributed by atoms with van der Waals surface area (Å²) in [5, 5.41) is 0.145. The van der Waals surface area contributed by atoms with E-state index in [1.165, 1.54) is 13.2 Å². The number of hydrogen-bond donors (Lipinski definition) is 2. The van der Waals surface area contributed by atoms with Crippen LogP contribution in [0.3, 0.4) is 0 Å². The Hall–Kier alpha value is -2.35. The highest BCUT2D eigenvalue weighted by Crippen LogP contribution is 2.54. The van der Waals surface area contributed by atoms with Crippen molar-refractivity contribution in [2.75, 3.05) is 25.1 Å². The van der Waals surface area contributed by atoms with Gasteiger partial charge in [-0.05, 0) is 31.7 Å². The number of methoxy groups -OCH3 is 1. The number of halogens is 1. The summed E-state index contributed by atoms with van der Waals surface area (Å²) < 4.78 is 22.1. The molecule has 2 unspecified atom stereocenters. The summed E-state index contributed by atoms with van der Waals surface area (Å²) >= 11 is 0. The summed E-state index contributed by atoms with van der Waals surface area (Å²) in [5.41, 5.74) is 5.80. The van der Waals surface area contributed by atoms with Crippen LogP contribution in [-0.2, 0) is 0 Å². The number of rotatable bonds is 3. The minimum Gasteiger partial charge on any atom is -0.492 e. The maximum atomic E-state index is 15.0. The van der Waals surface area contributed by atoms with Crippen molar-refractivity contribution in [1.82, 2.24) is 9.55 Å². The van der Waals surface area contributed by atoms with Crippen LogP contribution in [0.4, 0.5) is 10.1 Å². The molecule has 138 valence electrons. The molecule has 1 saturated heterocycles. The van der Waals surface area contributed by atoms with Crippen LogP contribution in [0, 0.1) is 11.2 Å². The molecule has 1 spiro atoms. The lowest BCUT2D eigenvalue weighted by Gasteiger charge is -2.24. The number of aromatic nitrogens is 2. The minimum atomic E-state index is -0.590. The van der Waals surface area contributed by atoms with Gasteiger partial charge in [-0.15, -0.1) is 0 Å². The van der Waals surface area contributed by atoms with E-state index >= 15 is 4.39 Å². The fraction of sp³-hybridized carbons (Fsp3) is 0.556. The van der Waals surface area contributed by atoms with Crippen molar-refractivity contribution < 1.29 is 9.13 Å². The predicted octanol–water partition coefficient (Wildman–Crippen LogP) is 1.10. The van der Waals surface area contributed by atoms with E-state index in [9.17, 15) is 9.59 Å². The molecule has 5 rings (SSSR count). The number of aromatic amines is 1. The third-order valence-corrected chi connectivity index (χ3v) is 6.18. The standard InChI is InChI=1S/C18H21FN4O3/c1-26-15-13-10(16(24)21-17(25)23(13)9-2-3-9)6-11(19)14(15)22-5-4-18(8-22)7-12(18)20/h6,9,12H,2-5,7-8,20H2,1H3,(H,21,24,25). The zero-order valence-corrected chi connectivity index (χ0v) is 14.5. The van der Waals surface area contributed by atoms with Gasteiger partial charge in [0.25, 0.3) is 5.56 Å². The molecule has 0 bridgehead atoms. The number of benzene rings is 1. The molecular weight excluding hydrogens is 339 g/mol. The van der Waals surface area contributed by atoms with E-state index in [1.807, 2.05) is 4.90 Å². The van der Waals surface area contributed by atoms with Crippen LogP contribution in [0.5, 0.6) is 5.75 Å². The van der Waals surface area contributed by atoms with Gasteiger partial charge in [-0.1, -0.05) is 0 Å². The van der Waals surface area contributed by atoms with Crippen molar-refractivity contribution in [3.63, 3.8) is 0 Å². The summed E-state index contributed by atoms with van der Waals surface area (Å²) in [6.07, 6.45) is 3.59. The topological polar surface area (TPSA) is 93.3 Å². The van der Waals surface area contributed by atoms with Gasteiger partial charge in [0.05, 0.1) is 12.5 Å². The number of nitrogens with two attached hydrogens (primary N) is 1. The average Bonchev–Trinajstić information content (AvgIpc) is 3.48. The zero-order chi connectivity index (χ0) is 18.2. The van der Waals surface area contributed by atoms with E-state index in [-0.39, 0.29) is 28.6 Å². The number of H-pyrrole nitrogens is 1. The molecule has 2 atom stereocenters. The monoisotopic (exact) mass is 360 g/mol. The van der Waals surface area contributed by atoms with Crippen molar-refractivity contribution in [2.24, 2.45) is 11.1 Å². The van der Waals surface area contributed by atoms with Crippen LogP contribution < -0.4 is 26.6 Å². The van der Waals surface area contributed by atoms with Crippen LogP contribution in [0.2, 0.25) is 0 Å². The lowest BCUT2D eigenvalue weighted by atomic mass is 10.1. The smallest absolute Gasteiger partial charge is 0.329 e. The maximum Gasteiger partial charge on any atom is 0.329 e. The first-order valence-electron chi connectivity index (χ1n) is 9.01. The summed E-state index contributed by atoms with van der Waals surface area (Å²) in [4.78, 5) is 28.9. The van der Waals surface area contributed by atoms with E-state index < -0.39 is 17.1 Å². The van der Waals surface area contributed by atoms with Gasteiger partial charge in [-0.25, -0.2) is 9.18 Å². The number of hydrogen-bond acceptors (Lipinski definition) is 5. The molecule has 2 aromatic rings. The largest absolute Gasteiger partial charge is 0.492 e. The second-order valence-corrected chi connectivity index (χ2v) is 7.84. The molecule has 3 N–H and O–H groups in total. The highest BCUT2D eigenvalue weighted by atomic mass is 19.1. The summed E-state index contributed by atoms with van der Waals surface area (Å²) in [5.74, 6) is -0.242. The van der Waals surface area contributed by atoms with E-state index in [2.05, 4.69) is 4.98 Å². The van der Waals surface area contributed by atoms with Gasteiger partial charge in [-0.3, -0.25) is 14.3 Å². The first-order chi connectivity index (χ1) is 12.4. The fourth-order valence-corrected chi connectivity index (χ4v) is 4.45. The number of nitrogens with one attached hydrogen (secondary N) is 1. The summed E-state index contributed by atoms with van der Waals surface area (Å²) in [6.45, 7) is 1.35. The third-order valence-electron chi connectivity index (χ3n) is 6.18. The van der Waals surface area contributed by atoms with Gasteiger partial charge in [0.2, 0.25) is 0 Å². The Morgan fingerprint density at radius 1 is 1.38 bits per heavy atom. The molecule has 3 aliphatic rings. The van der Waals surface area contributed by atoms with Crippen molar-refractivity contribution in [3.8, 4) is 5.75 Å². The van der Waals surface area contributed by atoms with Crippen molar-refractivity contribution in [3.05, 3.63) is 32.7 Å². The molecule has 3 fully saturated rings. The molecule has 1 aromatic carbocycles. The van der Waals surface area contributed by atoms with Crippen molar-refractivity contribution in [2.45, 2.75) is 37.8 Å². The molecule has 7 nitrogen and oxygen atoms in total. The van der Waals surface area contributed by atoms with Crippen LogP contribution in [-0.4, -0.2) is 35.8 Å². The van der Waals surface area contributed by atoms with Gasteiger partial charge < -0.3 is 15.4 Å². The maximum absolute atomic E-state index is 15.0. The molecule has 2 saturated carbocycles. The van der Waals surface area contributed by atoms with Gasteiger partial charge >= 0.3 is 5.69 Å². The zero-order valence-electron chi connectivity index (χ0n) is 14.5. The molecular formula is C18H21FN4O3. The molecule has 8 heteroatoms. The van der Waals surface area contributed by atoms with E-state index in [0.717, 1.165) is 25.7 Å². The Morgan fingerprint density at radius 3 is 2.69 bits per heavy atom. The number of fused-ring (bicyclic) bond motifs is 1. The predicted molar refractivity (Wildman–Crippen MR) is 95.5 cm³/mol. The Morgan fingerprint density at radius 2 is 2.12 bits per heavy atom. The van der Waals surface area contributed by atoms with Gasteiger partial charge in [0, 0.05) is 30.6 Å². The highest BCUT2D eigenvalue weighted by molar-refractivity contribution is 5.91. The van der Waals surface area contributed by atoms with Gasteiger partial charge in [0.1, 0.15) is 11.2 Å². The molecule has 0 amide bonds. The second-order valence-electron chi connectivity index (χ2n) is 7.84. The average molecular weight is 360 g/mol. The number of nitrogens with zero attached hydrogens (tertiary/aromatic N) is 2. The van der Waals surface area contributed by atoms with Crippen LogP contribution in [0.15, 0.2) is 15.7 Å². The quantitative estimate of drug-likeness (QED) is 0.855. The Labute approximate surface area is 148 Å². The molecule has 1 aromatic heterocycles. The minimum absolute atomic E-state index is 0.0239. The second kappa shape index (κ2) is 5.09. The Bertz CT molecular complexity index is 1040. The molecule has 2 heterocycles. The fourth-order valence-electron chi connectivity index (χ4n) is 4.45. The first-order valence-corrected chi connectivity index (χ1v) is 9.01. The number of anilines is 1. The molecule has 0 radical (unpaired) electrons. The van der Waals surface area contributed by atoms with Crippen LogP contribution >= 0.6 is 0 Å².